The predicted octanol–water partition coefficient (Wildman–Crippen LogP) is 1.70. The molecule has 3 N–H and O–H groups in total. The van der Waals surface area contributed by atoms with Crippen molar-refractivity contribution in [1.82, 2.24) is 16.0 Å². The van der Waals surface area contributed by atoms with Crippen LogP contribution in [0.2, 0.25) is 0 Å². The minimum absolute atomic E-state index is 0.0522. The summed E-state index contributed by atoms with van der Waals surface area (Å²) in [6, 6.07) is 10.1. The van der Waals surface area contributed by atoms with E-state index in [1.165, 1.54) is 5.56 Å². The van der Waals surface area contributed by atoms with E-state index in [9.17, 15) is 4.79 Å². The summed E-state index contributed by atoms with van der Waals surface area (Å²) in [5, 5.41) is 9.25. The Hall–Kier alpha value is -2.04. The van der Waals surface area contributed by atoms with Crippen molar-refractivity contribution in [3.8, 4) is 0 Å². The lowest BCUT2D eigenvalue weighted by molar-refractivity contribution is -0.119. The summed E-state index contributed by atoms with van der Waals surface area (Å²) < 4.78 is 0. The normalized spacial score (nSPS) is 11.1. The fraction of sp³-hybridized carbons (Fsp3) is 0.529. The van der Waals surface area contributed by atoms with Gasteiger partial charge in [-0.2, -0.15) is 0 Å². The van der Waals surface area contributed by atoms with Crippen molar-refractivity contribution < 1.29 is 4.79 Å². The zero-order valence-corrected chi connectivity index (χ0v) is 13.7. The van der Waals surface area contributed by atoms with Crippen LogP contribution in [0.3, 0.4) is 0 Å². The third kappa shape index (κ3) is 8.29. The zero-order valence-electron chi connectivity index (χ0n) is 13.7. The highest BCUT2D eigenvalue weighted by atomic mass is 16.1. The van der Waals surface area contributed by atoms with Crippen LogP contribution in [-0.2, 0) is 11.2 Å². The Morgan fingerprint density at radius 2 is 1.82 bits per heavy atom. The van der Waals surface area contributed by atoms with Gasteiger partial charge in [-0.3, -0.25) is 4.79 Å². The van der Waals surface area contributed by atoms with E-state index in [0.29, 0.717) is 12.5 Å². The number of nitrogens with one attached hydrogen (secondary N) is 3. The van der Waals surface area contributed by atoms with Gasteiger partial charge in [0.1, 0.15) is 6.54 Å². The fourth-order valence-corrected chi connectivity index (χ4v) is 1.92. The van der Waals surface area contributed by atoms with Crippen molar-refractivity contribution in [3.05, 3.63) is 35.9 Å². The monoisotopic (exact) mass is 304 g/mol. The minimum atomic E-state index is -0.0522. The first-order valence-corrected chi connectivity index (χ1v) is 8.09. The SMILES string of the molecule is CCCCNC(=NCC(=O)NCCc1ccccc1)NCC. The second kappa shape index (κ2) is 11.6. The maximum Gasteiger partial charge on any atom is 0.241 e. The van der Waals surface area contributed by atoms with E-state index < -0.39 is 0 Å². The van der Waals surface area contributed by atoms with E-state index >= 15 is 0 Å². The average molecular weight is 304 g/mol. The van der Waals surface area contributed by atoms with Gasteiger partial charge in [0.15, 0.2) is 5.96 Å². The number of amides is 1. The zero-order chi connectivity index (χ0) is 16.0. The van der Waals surface area contributed by atoms with Crippen molar-refractivity contribution >= 4 is 11.9 Å². The summed E-state index contributed by atoms with van der Waals surface area (Å²) in [6.45, 7) is 6.60. The standard InChI is InChI=1S/C17H28N4O/c1-3-5-12-20-17(18-4-2)21-14-16(22)19-13-11-15-9-7-6-8-10-15/h6-10H,3-5,11-14H2,1-2H3,(H,19,22)(H2,18,20,21). The molecule has 122 valence electrons. The Morgan fingerprint density at radius 3 is 2.50 bits per heavy atom. The number of carbonyl (C=O) groups excluding carboxylic acids is 1. The number of benzene rings is 1. The van der Waals surface area contributed by atoms with E-state index in [-0.39, 0.29) is 12.5 Å². The maximum atomic E-state index is 11.8. The summed E-state index contributed by atoms with van der Waals surface area (Å²) in [7, 11) is 0. The molecule has 0 aliphatic carbocycles. The van der Waals surface area contributed by atoms with Gasteiger partial charge in [-0.1, -0.05) is 43.7 Å². The molecular weight excluding hydrogens is 276 g/mol. The second-order valence-corrected chi connectivity index (χ2v) is 5.06. The number of carbonyl (C=O) groups is 1. The number of hydrogen-bond donors (Lipinski definition) is 3. The Bertz CT molecular complexity index is 445. The smallest absolute Gasteiger partial charge is 0.241 e. The Labute approximate surface area is 133 Å². The van der Waals surface area contributed by atoms with E-state index in [2.05, 4.69) is 40.0 Å². The van der Waals surface area contributed by atoms with Crippen molar-refractivity contribution in [2.24, 2.45) is 4.99 Å². The first-order chi connectivity index (χ1) is 10.8. The number of rotatable bonds is 9. The minimum Gasteiger partial charge on any atom is -0.357 e. The lowest BCUT2D eigenvalue weighted by Crippen LogP contribution is -2.39. The Balaban J connectivity index is 2.27. The Kier molecular flexibility index (Phi) is 9.50. The summed E-state index contributed by atoms with van der Waals surface area (Å²) >= 11 is 0. The van der Waals surface area contributed by atoms with E-state index in [4.69, 9.17) is 0 Å². The quantitative estimate of drug-likeness (QED) is 0.370. The molecule has 1 amide bonds. The molecule has 0 aliphatic rings. The lowest BCUT2D eigenvalue weighted by atomic mass is 10.1. The van der Waals surface area contributed by atoms with Gasteiger partial charge in [0, 0.05) is 19.6 Å². The average Bonchev–Trinajstić information content (AvgIpc) is 2.54. The first kappa shape index (κ1) is 18.0. The van der Waals surface area contributed by atoms with Gasteiger partial charge in [0.05, 0.1) is 0 Å². The molecule has 0 atom stereocenters. The lowest BCUT2D eigenvalue weighted by Gasteiger charge is -2.10. The highest BCUT2D eigenvalue weighted by Gasteiger charge is 2.01. The summed E-state index contributed by atoms with van der Waals surface area (Å²) in [6.07, 6.45) is 3.06. The van der Waals surface area contributed by atoms with Gasteiger partial charge in [-0.15, -0.1) is 0 Å². The van der Waals surface area contributed by atoms with Gasteiger partial charge in [0.25, 0.3) is 0 Å². The predicted molar refractivity (Wildman–Crippen MR) is 92.0 cm³/mol. The van der Waals surface area contributed by atoms with Gasteiger partial charge < -0.3 is 16.0 Å². The van der Waals surface area contributed by atoms with E-state index in [1.54, 1.807) is 0 Å². The molecule has 0 heterocycles. The number of unbranched alkanes of at least 4 members (excludes halogenated alkanes) is 1. The number of hydrogen-bond acceptors (Lipinski definition) is 2. The molecule has 1 aromatic rings. The van der Waals surface area contributed by atoms with Crippen LogP contribution in [0.4, 0.5) is 0 Å². The summed E-state index contributed by atoms with van der Waals surface area (Å²) in [5.41, 5.74) is 1.22. The van der Waals surface area contributed by atoms with Crippen LogP contribution in [0, 0.1) is 0 Å². The van der Waals surface area contributed by atoms with Crippen molar-refractivity contribution in [2.45, 2.75) is 33.1 Å². The van der Waals surface area contributed by atoms with Gasteiger partial charge in [0.2, 0.25) is 5.91 Å². The molecule has 0 spiro atoms. The summed E-state index contributed by atoms with van der Waals surface area (Å²) in [5.74, 6) is 0.651. The molecule has 0 unspecified atom stereocenters. The van der Waals surface area contributed by atoms with Gasteiger partial charge in [-0.25, -0.2) is 4.99 Å². The molecule has 1 aromatic carbocycles. The number of aliphatic imine (C=N–C) groups is 1. The highest BCUT2D eigenvalue weighted by molar-refractivity contribution is 5.84. The van der Waals surface area contributed by atoms with Gasteiger partial charge >= 0.3 is 0 Å². The number of nitrogens with zero attached hydrogens (tertiary/aromatic N) is 1. The first-order valence-electron chi connectivity index (χ1n) is 8.09. The molecule has 5 heteroatoms. The Morgan fingerprint density at radius 1 is 1.05 bits per heavy atom. The fourth-order valence-electron chi connectivity index (χ4n) is 1.92. The molecule has 0 aromatic heterocycles. The van der Waals surface area contributed by atoms with Crippen molar-refractivity contribution in [1.29, 1.82) is 0 Å². The van der Waals surface area contributed by atoms with Crippen LogP contribution >= 0.6 is 0 Å². The van der Waals surface area contributed by atoms with Crippen LogP contribution < -0.4 is 16.0 Å². The number of guanidine groups is 1. The van der Waals surface area contributed by atoms with Crippen LogP contribution in [0.25, 0.3) is 0 Å². The molecular formula is C17H28N4O. The molecule has 0 aliphatic heterocycles. The van der Waals surface area contributed by atoms with Gasteiger partial charge in [-0.05, 0) is 25.3 Å². The molecule has 5 nitrogen and oxygen atoms in total. The summed E-state index contributed by atoms with van der Waals surface area (Å²) in [4.78, 5) is 16.1. The van der Waals surface area contributed by atoms with Crippen LogP contribution in [0.1, 0.15) is 32.3 Å². The molecule has 0 saturated carbocycles. The van der Waals surface area contributed by atoms with E-state index in [0.717, 1.165) is 32.4 Å². The third-order valence-electron chi connectivity index (χ3n) is 3.13. The highest BCUT2D eigenvalue weighted by Crippen LogP contribution is 1.97. The van der Waals surface area contributed by atoms with E-state index in [1.807, 2.05) is 25.1 Å². The molecule has 0 fully saturated rings. The van der Waals surface area contributed by atoms with Crippen LogP contribution in [0.15, 0.2) is 35.3 Å². The molecule has 0 saturated heterocycles. The van der Waals surface area contributed by atoms with Crippen molar-refractivity contribution in [3.63, 3.8) is 0 Å². The molecule has 0 radical (unpaired) electrons. The second-order valence-electron chi connectivity index (χ2n) is 5.06. The van der Waals surface area contributed by atoms with Crippen LogP contribution in [0.5, 0.6) is 0 Å². The largest absolute Gasteiger partial charge is 0.357 e. The topological polar surface area (TPSA) is 65.5 Å². The molecule has 22 heavy (non-hydrogen) atoms. The third-order valence-corrected chi connectivity index (χ3v) is 3.13. The maximum absolute atomic E-state index is 11.8. The molecule has 0 bridgehead atoms. The molecule has 1 rings (SSSR count). The van der Waals surface area contributed by atoms with Crippen molar-refractivity contribution in [2.75, 3.05) is 26.2 Å². The van der Waals surface area contributed by atoms with Crippen LogP contribution in [-0.4, -0.2) is 38.0 Å².